The number of amides is 2. The van der Waals surface area contributed by atoms with Crippen molar-refractivity contribution < 1.29 is 19.1 Å². The van der Waals surface area contributed by atoms with E-state index in [4.69, 9.17) is 10.00 Å². The van der Waals surface area contributed by atoms with E-state index in [1.807, 2.05) is 13.8 Å². The Bertz CT molecular complexity index is 1100. The lowest BCUT2D eigenvalue weighted by atomic mass is 9.95. The van der Waals surface area contributed by atoms with E-state index in [2.05, 4.69) is 6.07 Å². The number of anilines is 1. The molecule has 2 aromatic carbocycles. The van der Waals surface area contributed by atoms with Crippen LogP contribution in [0.15, 0.2) is 48.5 Å². The molecule has 1 fully saturated rings. The number of nitriles is 1. The Hall–Kier alpha value is -3.66. The zero-order valence-electron chi connectivity index (χ0n) is 17.5. The lowest BCUT2D eigenvalue weighted by Crippen LogP contribution is -2.69. The van der Waals surface area contributed by atoms with Crippen LogP contribution in [0, 0.1) is 17.2 Å². The first-order valence-corrected chi connectivity index (χ1v) is 10.3. The van der Waals surface area contributed by atoms with Crippen LogP contribution in [0.25, 0.3) is 0 Å². The number of esters is 1. The van der Waals surface area contributed by atoms with Crippen molar-refractivity contribution >= 4 is 23.5 Å². The average Bonchev–Trinajstić information content (AvgIpc) is 3.13. The molecule has 0 unspecified atom stereocenters. The summed E-state index contributed by atoms with van der Waals surface area (Å²) in [6.45, 7) is 4.18. The molecule has 7 heteroatoms. The second-order valence-corrected chi connectivity index (χ2v) is 8.26. The molecule has 4 rings (SSSR count). The van der Waals surface area contributed by atoms with Crippen LogP contribution >= 0.6 is 0 Å². The van der Waals surface area contributed by atoms with Crippen LogP contribution in [0.1, 0.15) is 48.2 Å². The molecule has 2 aromatic rings. The lowest BCUT2D eigenvalue weighted by Gasteiger charge is -2.48. The molecular formula is C24H23N3O4. The van der Waals surface area contributed by atoms with Gasteiger partial charge in [-0.2, -0.15) is 5.26 Å². The Morgan fingerprint density at radius 1 is 1.19 bits per heavy atom. The summed E-state index contributed by atoms with van der Waals surface area (Å²) in [7, 11) is 0. The van der Waals surface area contributed by atoms with Crippen LogP contribution < -0.4 is 4.90 Å². The van der Waals surface area contributed by atoms with Gasteiger partial charge in [-0.15, -0.1) is 0 Å². The van der Waals surface area contributed by atoms with Crippen LogP contribution in [0.3, 0.4) is 0 Å². The van der Waals surface area contributed by atoms with Gasteiger partial charge in [0.1, 0.15) is 6.61 Å². The molecule has 2 amide bonds. The molecule has 0 aliphatic carbocycles. The fourth-order valence-corrected chi connectivity index (χ4v) is 4.36. The zero-order valence-corrected chi connectivity index (χ0v) is 17.5. The van der Waals surface area contributed by atoms with Crippen molar-refractivity contribution in [2.24, 2.45) is 5.92 Å². The van der Waals surface area contributed by atoms with E-state index in [1.54, 1.807) is 48.5 Å². The molecule has 0 spiro atoms. The number of benzene rings is 2. The number of fused-ring (bicyclic) bond motifs is 3. The monoisotopic (exact) mass is 417 g/mol. The molecule has 0 saturated carbocycles. The maximum Gasteiger partial charge on any atom is 0.354 e. The van der Waals surface area contributed by atoms with Crippen molar-refractivity contribution in [1.29, 1.82) is 5.26 Å². The second kappa shape index (κ2) is 7.88. The lowest BCUT2D eigenvalue weighted by molar-refractivity contribution is -0.159. The van der Waals surface area contributed by atoms with Crippen LogP contribution in [0.5, 0.6) is 0 Å². The quantitative estimate of drug-likeness (QED) is 0.697. The van der Waals surface area contributed by atoms with Crippen LogP contribution in [-0.2, 0) is 20.9 Å². The van der Waals surface area contributed by atoms with Crippen LogP contribution in [0.2, 0.25) is 0 Å². The average molecular weight is 417 g/mol. The third-order valence-corrected chi connectivity index (χ3v) is 5.67. The fraction of sp³-hybridized carbons (Fsp3) is 0.333. The molecule has 1 saturated heterocycles. The Morgan fingerprint density at radius 2 is 1.97 bits per heavy atom. The van der Waals surface area contributed by atoms with E-state index in [0.29, 0.717) is 28.9 Å². The van der Waals surface area contributed by atoms with Gasteiger partial charge < -0.3 is 9.64 Å². The number of carbonyl (C=O) groups excluding carboxylic acids is 3. The molecule has 158 valence electrons. The molecule has 2 heterocycles. The van der Waals surface area contributed by atoms with Gasteiger partial charge in [-0.05, 0) is 35.7 Å². The number of nitrogens with zero attached hydrogens (tertiary/aromatic N) is 3. The van der Waals surface area contributed by atoms with Gasteiger partial charge in [-0.25, -0.2) is 4.79 Å². The predicted octanol–water partition coefficient (Wildman–Crippen LogP) is 3.24. The highest BCUT2D eigenvalue weighted by Crippen LogP contribution is 2.45. The Labute approximate surface area is 180 Å². The Morgan fingerprint density at radius 3 is 2.71 bits per heavy atom. The van der Waals surface area contributed by atoms with E-state index in [-0.39, 0.29) is 37.2 Å². The molecular weight excluding hydrogens is 394 g/mol. The van der Waals surface area contributed by atoms with Crippen molar-refractivity contribution in [3.05, 3.63) is 65.2 Å². The minimum atomic E-state index is -1.50. The fourth-order valence-electron chi connectivity index (χ4n) is 4.36. The first kappa shape index (κ1) is 20.6. The Kier molecular flexibility index (Phi) is 5.24. The summed E-state index contributed by atoms with van der Waals surface area (Å²) in [6, 6.07) is 15.7. The molecule has 2 aliphatic heterocycles. The van der Waals surface area contributed by atoms with Gasteiger partial charge in [0.2, 0.25) is 11.6 Å². The highest BCUT2D eigenvalue weighted by atomic mass is 16.5. The van der Waals surface area contributed by atoms with Crippen LogP contribution in [0.4, 0.5) is 5.69 Å². The smallest absolute Gasteiger partial charge is 0.354 e. The van der Waals surface area contributed by atoms with Gasteiger partial charge in [-0.1, -0.05) is 38.1 Å². The van der Waals surface area contributed by atoms with Gasteiger partial charge in [0.15, 0.2) is 0 Å². The number of carbonyl (C=O) groups is 3. The number of ether oxygens (including phenoxy) is 1. The standard InChI is InChI=1S/C24H23N3O4/c1-16(2)14-26-22(29)19-8-3-4-9-20(19)27-21(28)10-11-24(26,27)23(30)31-15-18-7-5-6-17(12-18)13-25/h3-9,12,16H,10-11,14-15H2,1-2H3/t24-/m0/s1. The first-order valence-electron chi connectivity index (χ1n) is 10.3. The molecule has 0 aromatic heterocycles. The maximum absolute atomic E-state index is 13.5. The summed E-state index contributed by atoms with van der Waals surface area (Å²) in [6.07, 6.45) is 0.324. The van der Waals surface area contributed by atoms with E-state index < -0.39 is 11.6 Å². The molecule has 0 bridgehead atoms. The topological polar surface area (TPSA) is 90.7 Å². The number of hydrogen-bond acceptors (Lipinski definition) is 5. The minimum absolute atomic E-state index is 0.0521. The Balaban J connectivity index is 1.74. The summed E-state index contributed by atoms with van der Waals surface area (Å²) < 4.78 is 5.66. The summed E-state index contributed by atoms with van der Waals surface area (Å²) >= 11 is 0. The molecule has 0 radical (unpaired) electrons. The van der Waals surface area contributed by atoms with E-state index in [0.717, 1.165) is 0 Å². The van der Waals surface area contributed by atoms with Gasteiger partial charge >= 0.3 is 5.97 Å². The molecule has 1 atom stereocenters. The van der Waals surface area contributed by atoms with Crippen molar-refractivity contribution in [2.75, 3.05) is 11.4 Å². The van der Waals surface area contributed by atoms with Crippen molar-refractivity contribution in [1.82, 2.24) is 4.90 Å². The highest BCUT2D eigenvalue weighted by Gasteiger charge is 2.61. The highest BCUT2D eigenvalue weighted by molar-refractivity contribution is 6.15. The van der Waals surface area contributed by atoms with Crippen molar-refractivity contribution in [3.63, 3.8) is 0 Å². The molecule has 31 heavy (non-hydrogen) atoms. The summed E-state index contributed by atoms with van der Waals surface area (Å²) in [5, 5.41) is 9.09. The van der Waals surface area contributed by atoms with Crippen molar-refractivity contribution in [3.8, 4) is 6.07 Å². The maximum atomic E-state index is 13.5. The number of rotatable bonds is 5. The van der Waals surface area contributed by atoms with Crippen molar-refractivity contribution in [2.45, 2.75) is 39.0 Å². The summed E-state index contributed by atoms with van der Waals surface area (Å²) in [5.41, 5.74) is 0.479. The molecule has 7 nitrogen and oxygen atoms in total. The SMILES string of the molecule is CC(C)CN1C(=O)c2ccccc2N2C(=O)CC[C@]12C(=O)OCc1cccc(C#N)c1. The molecule has 2 aliphatic rings. The van der Waals surface area contributed by atoms with E-state index >= 15 is 0 Å². The van der Waals surface area contributed by atoms with E-state index in [9.17, 15) is 14.4 Å². The van der Waals surface area contributed by atoms with Gasteiger partial charge in [-0.3, -0.25) is 14.5 Å². The van der Waals surface area contributed by atoms with Gasteiger partial charge in [0.05, 0.1) is 22.9 Å². The third kappa shape index (κ3) is 3.34. The minimum Gasteiger partial charge on any atom is -0.458 e. The zero-order chi connectivity index (χ0) is 22.2. The van der Waals surface area contributed by atoms with Crippen LogP contribution in [-0.4, -0.2) is 34.9 Å². The number of para-hydroxylation sites is 1. The largest absolute Gasteiger partial charge is 0.458 e. The predicted molar refractivity (Wildman–Crippen MR) is 113 cm³/mol. The van der Waals surface area contributed by atoms with Gasteiger partial charge in [0, 0.05) is 19.4 Å². The van der Waals surface area contributed by atoms with E-state index in [1.165, 1.54) is 9.80 Å². The number of hydrogen-bond donors (Lipinski definition) is 0. The normalized spacial score (nSPS) is 19.8. The summed E-state index contributed by atoms with van der Waals surface area (Å²) in [4.78, 5) is 42.8. The second-order valence-electron chi connectivity index (χ2n) is 8.26. The van der Waals surface area contributed by atoms with Gasteiger partial charge in [0.25, 0.3) is 5.91 Å². The third-order valence-electron chi connectivity index (χ3n) is 5.67. The molecule has 0 N–H and O–H groups in total. The summed E-state index contributed by atoms with van der Waals surface area (Å²) in [5.74, 6) is -1.04. The first-order chi connectivity index (χ1) is 14.9.